The highest BCUT2D eigenvalue weighted by atomic mass is 32.1. The van der Waals surface area contributed by atoms with Gasteiger partial charge in [-0.25, -0.2) is 4.98 Å². The number of rotatable bonds is 2. The van der Waals surface area contributed by atoms with E-state index in [2.05, 4.69) is 4.98 Å². The summed E-state index contributed by atoms with van der Waals surface area (Å²) in [6.07, 6.45) is 2.28. The number of epoxide rings is 1. The van der Waals surface area contributed by atoms with Crippen molar-refractivity contribution in [1.29, 1.82) is 0 Å². The quantitative estimate of drug-likeness (QED) is 0.472. The molecule has 2 N–H and O–H groups in total. The topological polar surface area (TPSA) is 109 Å². The van der Waals surface area contributed by atoms with Crippen molar-refractivity contribution in [3.05, 3.63) is 21.7 Å². The first kappa shape index (κ1) is 27.0. The molecule has 3 rings (SSSR count). The highest BCUT2D eigenvalue weighted by Crippen LogP contribution is 2.36. The monoisotopic (exact) mass is 493 g/mol. The molecule has 2 saturated heterocycles. The van der Waals surface area contributed by atoms with E-state index in [1.807, 2.05) is 32.2 Å². The van der Waals surface area contributed by atoms with E-state index in [1.165, 1.54) is 0 Å². The number of nitrogens with zero attached hydrogens (tertiary/aromatic N) is 1. The molecule has 0 spiro atoms. The van der Waals surface area contributed by atoms with Gasteiger partial charge in [-0.2, -0.15) is 0 Å². The van der Waals surface area contributed by atoms with Crippen molar-refractivity contribution in [1.82, 2.24) is 4.98 Å². The van der Waals surface area contributed by atoms with Gasteiger partial charge < -0.3 is 19.7 Å². The lowest BCUT2D eigenvalue weighted by Crippen LogP contribution is -2.45. The van der Waals surface area contributed by atoms with E-state index < -0.39 is 35.6 Å². The van der Waals surface area contributed by atoms with Gasteiger partial charge in [0.25, 0.3) is 0 Å². The Morgan fingerprint density at radius 3 is 2.56 bits per heavy atom. The van der Waals surface area contributed by atoms with Crippen LogP contribution in [0.15, 0.2) is 11.0 Å². The van der Waals surface area contributed by atoms with Gasteiger partial charge in [0.2, 0.25) is 0 Å². The molecule has 2 aliphatic heterocycles. The van der Waals surface area contributed by atoms with Crippen molar-refractivity contribution in [2.45, 2.75) is 104 Å². The van der Waals surface area contributed by atoms with Crippen molar-refractivity contribution in [2.24, 2.45) is 17.3 Å². The van der Waals surface area contributed by atoms with Crippen LogP contribution in [0.3, 0.4) is 0 Å². The van der Waals surface area contributed by atoms with Crippen molar-refractivity contribution < 1.29 is 29.3 Å². The third kappa shape index (κ3) is 6.53. The summed E-state index contributed by atoms with van der Waals surface area (Å²) in [5.74, 6) is -1.52. The standard InChI is InChI=1S/C26H39NO6S/c1-14-8-7-9-19-21(32-19)11-20(15(2)10-18-13-34-17(4)27-18)33-23(29)12-22(28)26(5,6)25(31)16(3)24(14)30/h10,13-14,16,19-22,24,28,30H,7-9,11-12H2,1-6H3/b15-10+/t14?,16-,19-,20?,21+,22+,24+/m1/s1. The van der Waals surface area contributed by atoms with Gasteiger partial charge >= 0.3 is 5.97 Å². The first-order chi connectivity index (χ1) is 15.9. The summed E-state index contributed by atoms with van der Waals surface area (Å²) in [5.41, 5.74) is 0.494. The molecule has 0 amide bonds. The minimum absolute atomic E-state index is 0.00770. The van der Waals surface area contributed by atoms with Crippen molar-refractivity contribution in [3.63, 3.8) is 0 Å². The molecule has 7 nitrogen and oxygen atoms in total. The second kappa shape index (κ2) is 11.0. The highest BCUT2D eigenvalue weighted by molar-refractivity contribution is 7.09. The number of hydrogen-bond acceptors (Lipinski definition) is 8. The Kier molecular flexibility index (Phi) is 8.71. The predicted molar refractivity (Wildman–Crippen MR) is 131 cm³/mol. The van der Waals surface area contributed by atoms with E-state index in [-0.39, 0.29) is 30.3 Å². The minimum atomic E-state index is -1.22. The zero-order chi connectivity index (χ0) is 25.2. The van der Waals surface area contributed by atoms with E-state index in [1.54, 1.807) is 32.1 Å². The molecule has 1 aromatic rings. The zero-order valence-electron chi connectivity index (χ0n) is 21.1. The Balaban J connectivity index is 1.81. The highest BCUT2D eigenvalue weighted by Gasteiger charge is 2.44. The van der Waals surface area contributed by atoms with Gasteiger partial charge in [0, 0.05) is 17.7 Å². The number of hydrogen-bond donors (Lipinski definition) is 2. The summed E-state index contributed by atoms with van der Waals surface area (Å²) < 4.78 is 11.7. The molecule has 8 heteroatoms. The fourth-order valence-electron chi connectivity index (χ4n) is 4.78. The van der Waals surface area contributed by atoms with Crippen LogP contribution in [0.2, 0.25) is 0 Å². The number of ether oxygens (including phenoxy) is 2. The lowest BCUT2D eigenvalue weighted by Gasteiger charge is -2.34. The predicted octanol–water partition coefficient (Wildman–Crippen LogP) is 4.09. The lowest BCUT2D eigenvalue weighted by atomic mass is 9.73. The first-order valence-corrected chi connectivity index (χ1v) is 13.1. The number of aromatic nitrogens is 1. The van der Waals surface area contributed by atoms with E-state index in [4.69, 9.17) is 9.47 Å². The van der Waals surface area contributed by atoms with Crippen LogP contribution < -0.4 is 0 Å². The Hall–Kier alpha value is -1.61. The molecule has 3 heterocycles. The van der Waals surface area contributed by atoms with Crippen LogP contribution in [0.1, 0.15) is 77.4 Å². The van der Waals surface area contributed by atoms with E-state index in [0.29, 0.717) is 6.42 Å². The molecule has 2 unspecified atom stereocenters. The van der Waals surface area contributed by atoms with Crippen LogP contribution in [0.25, 0.3) is 6.08 Å². The summed E-state index contributed by atoms with van der Waals surface area (Å²) in [6.45, 7) is 10.8. The van der Waals surface area contributed by atoms with Gasteiger partial charge in [0.05, 0.1) is 47.0 Å². The largest absolute Gasteiger partial charge is 0.458 e. The summed E-state index contributed by atoms with van der Waals surface area (Å²) in [6, 6.07) is 0. The molecule has 0 radical (unpaired) electrons. The summed E-state index contributed by atoms with van der Waals surface area (Å²) in [5, 5.41) is 24.5. The Morgan fingerprint density at radius 1 is 1.21 bits per heavy atom. The molecular formula is C26H39NO6S. The van der Waals surface area contributed by atoms with E-state index in [0.717, 1.165) is 35.5 Å². The first-order valence-electron chi connectivity index (χ1n) is 12.3. The van der Waals surface area contributed by atoms with Crippen LogP contribution in [0.4, 0.5) is 0 Å². The Bertz CT molecular complexity index is 909. The Labute approximate surface area is 206 Å². The number of fused-ring (bicyclic) bond motifs is 1. The van der Waals surface area contributed by atoms with Crippen LogP contribution in [-0.4, -0.2) is 57.5 Å². The number of cyclic esters (lactones) is 1. The third-order valence-electron chi connectivity index (χ3n) is 7.41. The molecule has 190 valence electrons. The molecular weight excluding hydrogens is 454 g/mol. The van der Waals surface area contributed by atoms with Crippen LogP contribution in [-0.2, 0) is 19.1 Å². The lowest BCUT2D eigenvalue weighted by molar-refractivity contribution is -0.154. The smallest absolute Gasteiger partial charge is 0.309 e. The average molecular weight is 494 g/mol. The summed E-state index contributed by atoms with van der Waals surface area (Å²) in [4.78, 5) is 30.5. The number of thiazole rings is 1. The second-order valence-corrected chi connectivity index (χ2v) is 11.7. The van der Waals surface area contributed by atoms with Gasteiger partial charge in [0.15, 0.2) is 0 Å². The fourth-order valence-corrected chi connectivity index (χ4v) is 5.35. The number of carbonyl (C=O) groups excluding carboxylic acids is 2. The number of aliphatic hydroxyl groups excluding tert-OH is 2. The molecule has 2 aliphatic rings. The maximum atomic E-state index is 13.2. The molecule has 1 aromatic heterocycles. The summed E-state index contributed by atoms with van der Waals surface area (Å²) in [7, 11) is 0. The van der Waals surface area contributed by atoms with Gasteiger partial charge in [0.1, 0.15) is 11.9 Å². The molecule has 0 saturated carbocycles. The van der Waals surface area contributed by atoms with Crippen molar-refractivity contribution in [3.8, 4) is 0 Å². The molecule has 0 bridgehead atoms. The molecule has 0 aromatic carbocycles. The summed E-state index contributed by atoms with van der Waals surface area (Å²) >= 11 is 1.56. The minimum Gasteiger partial charge on any atom is -0.458 e. The van der Waals surface area contributed by atoms with Gasteiger partial charge in [-0.1, -0.05) is 34.1 Å². The van der Waals surface area contributed by atoms with Crippen LogP contribution in [0, 0.1) is 24.2 Å². The van der Waals surface area contributed by atoms with Crippen LogP contribution in [0.5, 0.6) is 0 Å². The maximum Gasteiger partial charge on any atom is 0.309 e. The fraction of sp³-hybridized carbons (Fsp3) is 0.731. The number of esters is 1. The normalized spacial score (nSPS) is 36.0. The van der Waals surface area contributed by atoms with Gasteiger partial charge in [-0.15, -0.1) is 11.3 Å². The van der Waals surface area contributed by atoms with Gasteiger partial charge in [-0.05, 0) is 44.3 Å². The van der Waals surface area contributed by atoms with E-state index in [9.17, 15) is 19.8 Å². The number of aryl methyl sites for hydroxylation is 1. The van der Waals surface area contributed by atoms with Crippen LogP contribution >= 0.6 is 11.3 Å². The number of ketones is 1. The second-order valence-electron chi connectivity index (χ2n) is 10.6. The number of Topliss-reactive ketones (excluding diaryl/α,β-unsaturated/α-hetero) is 1. The average Bonchev–Trinajstić information content (AvgIpc) is 3.38. The SMILES string of the molecule is C/C(=C\c1csc(C)n1)C1C[C@@H]2O[C@@H]2CCCC(C)[C@H](O)[C@@H](C)C(=O)C(C)(C)[C@@H](O)CC(=O)O1. The van der Waals surface area contributed by atoms with E-state index >= 15 is 0 Å². The number of aliphatic hydroxyl groups is 2. The van der Waals surface area contributed by atoms with Gasteiger partial charge in [-0.3, -0.25) is 9.59 Å². The molecule has 7 atom stereocenters. The van der Waals surface area contributed by atoms with Crippen molar-refractivity contribution in [2.75, 3.05) is 0 Å². The molecule has 2 fully saturated rings. The number of carbonyl (C=O) groups is 2. The zero-order valence-corrected chi connectivity index (χ0v) is 21.9. The maximum absolute atomic E-state index is 13.2. The van der Waals surface area contributed by atoms with Crippen molar-refractivity contribution >= 4 is 29.2 Å². The molecule has 34 heavy (non-hydrogen) atoms. The Morgan fingerprint density at radius 2 is 1.91 bits per heavy atom. The third-order valence-corrected chi connectivity index (χ3v) is 8.20. The molecule has 0 aliphatic carbocycles.